The van der Waals surface area contributed by atoms with E-state index in [2.05, 4.69) is 25.8 Å². The standard InChI is InChI=1S/C16H19F3N6O/c1-2-20-15(26)11-4-5-13(24-23-11)21-7-10-3-6-14-22-12(16(17,18)19)9-25(14)8-10/h4-5,9-10H,2-3,6-8H2,1H3,(H,20,26)(H,21,24). The maximum atomic E-state index is 12.7. The van der Waals surface area contributed by atoms with Gasteiger partial charge in [0.1, 0.15) is 11.6 Å². The van der Waals surface area contributed by atoms with Gasteiger partial charge in [0.15, 0.2) is 11.4 Å². The number of fused-ring (bicyclic) bond motifs is 1. The lowest BCUT2D eigenvalue weighted by atomic mass is 9.99. The molecule has 1 amide bonds. The van der Waals surface area contributed by atoms with Gasteiger partial charge in [-0.15, -0.1) is 10.2 Å². The van der Waals surface area contributed by atoms with Crippen LogP contribution in [0.4, 0.5) is 19.0 Å². The molecule has 1 atom stereocenters. The van der Waals surface area contributed by atoms with Crippen molar-refractivity contribution in [3.05, 3.63) is 35.5 Å². The van der Waals surface area contributed by atoms with Crippen molar-refractivity contribution in [1.82, 2.24) is 25.1 Å². The van der Waals surface area contributed by atoms with E-state index in [9.17, 15) is 18.0 Å². The Bertz CT molecular complexity index is 771. The van der Waals surface area contributed by atoms with E-state index < -0.39 is 11.9 Å². The SMILES string of the molecule is CCNC(=O)c1ccc(NCC2CCc3nc(C(F)(F)F)cn3C2)nn1. The number of carbonyl (C=O) groups excluding carboxylic acids is 1. The number of aryl methyl sites for hydroxylation is 1. The summed E-state index contributed by atoms with van der Waals surface area (Å²) in [6.07, 6.45) is -2.10. The third kappa shape index (κ3) is 4.12. The Kier molecular flexibility index (Phi) is 5.10. The topological polar surface area (TPSA) is 84.7 Å². The van der Waals surface area contributed by atoms with Gasteiger partial charge in [0.05, 0.1) is 0 Å². The third-order valence-electron chi connectivity index (χ3n) is 4.19. The Balaban J connectivity index is 1.56. The number of hydrogen-bond acceptors (Lipinski definition) is 5. The minimum absolute atomic E-state index is 0.155. The van der Waals surface area contributed by atoms with Gasteiger partial charge in [0.25, 0.3) is 5.91 Å². The molecule has 2 aromatic rings. The zero-order chi connectivity index (χ0) is 18.7. The van der Waals surface area contributed by atoms with E-state index in [1.54, 1.807) is 16.7 Å². The summed E-state index contributed by atoms with van der Waals surface area (Å²) in [5, 5.41) is 13.6. The summed E-state index contributed by atoms with van der Waals surface area (Å²) in [6, 6.07) is 3.23. The van der Waals surface area contributed by atoms with Crippen LogP contribution in [0.5, 0.6) is 0 Å². The fourth-order valence-electron chi connectivity index (χ4n) is 2.87. The second-order valence-corrected chi connectivity index (χ2v) is 6.14. The minimum atomic E-state index is -4.42. The van der Waals surface area contributed by atoms with Crippen LogP contribution in [0.3, 0.4) is 0 Å². The van der Waals surface area contributed by atoms with E-state index in [0.29, 0.717) is 37.7 Å². The van der Waals surface area contributed by atoms with Crippen LogP contribution in [0, 0.1) is 5.92 Å². The predicted octanol–water partition coefficient (Wildman–Crippen LogP) is 2.12. The van der Waals surface area contributed by atoms with Gasteiger partial charge in [0.2, 0.25) is 0 Å². The molecule has 7 nitrogen and oxygen atoms in total. The maximum absolute atomic E-state index is 12.7. The average molecular weight is 368 g/mol. The Morgan fingerprint density at radius 2 is 2.15 bits per heavy atom. The number of imidazole rings is 1. The molecular formula is C16H19F3N6O. The lowest BCUT2D eigenvalue weighted by Gasteiger charge is -2.24. The summed E-state index contributed by atoms with van der Waals surface area (Å²) >= 11 is 0. The summed E-state index contributed by atoms with van der Waals surface area (Å²) in [6.45, 7) is 3.34. The smallest absolute Gasteiger partial charge is 0.368 e. The van der Waals surface area contributed by atoms with Crippen molar-refractivity contribution in [1.29, 1.82) is 0 Å². The number of aromatic nitrogens is 4. The highest BCUT2D eigenvalue weighted by Gasteiger charge is 2.35. The zero-order valence-electron chi connectivity index (χ0n) is 14.2. The van der Waals surface area contributed by atoms with E-state index in [1.807, 2.05) is 6.92 Å². The number of hydrogen-bond donors (Lipinski definition) is 2. The first-order valence-corrected chi connectivity index (χ1v) is 8.36. The number of rotatable bonds is 5. The van der Waals surface area contributed by atoms with Crippen LogP contribution in [0.2, 0.25) is 0 Å². The van der Waals surface area contributed by atoms with Gasteiger partial charge >= 0.3 is 6.18 Å². The molecule has 3 heterocycles. The summed E-state index contributed by atoms with van der Waals surface area (Å²) in [5.41, 5.74) is -0.606. The average Bonchev–Trinajstić information content (AvgIpc) is 3.04. The Labute approximate surface area is 148 Å². The predicted molar refractivity (Wildman–Crippen MR) is 87.6 cm³/mol. The number of carbonyl (C=O) groups is 1. The maximum Gasteiger partial charge on any atom is 0.434 e. The second-order valence-electron chi connectivity index (χ2n) is 6.14. The fraction of sp³-hybridized carbons (Fsp3) is 0.500. The van der Waals surface area contributed by atoms with Crippen molar-refractivity contribution in [2.45, 2.75) is 32.5 Å². The molecule has 140 valence electrons. The normalized spacial score (nSPS) is 16.8. The molecule has 10 heteroatoms. The van der Waals surface area contributed by atoms with E-state index in [-0.39, 0.29) is 17.5 Å². The van der Waals surface area contributed by atoms with Gasteiger partial charge in [-0.1, -0.05) is 0 Å². The van der Waals surface area contributed by atoms with Gasteiger partial charge in [-0.3, -0.25) is 4.79 Å². The molecule has 0 spiro atoms. The van der Waals surface area contributed by atoms with Gasteiger partial charge in [-0.2, -0.15) is 13.2 Å². The largest absolute Gasteiger partial charge is 0.434 e. The van der Waals surface area contributed by atoms with Gasteiger partial charge in [-0.25, -0.2) is 4.98 Å². The van der Waals surface area contributed by atoms with Crippen LogP contribution in [-0.2, 0) is 19.1 Å². The first kappa shape index (κ1) is 18.2. The first-order chi connectivity index (χ1) is 12.4. The molecule has 1 aliphatic heterocycles. The molecule has 1 aliphatic rings. The number of nitrogens with one attached hydrogen (secondary N) is 2. The molecule has 2 N–H and O–H groups in total. The second kappa shape index (κ2) is 7.30. The molecule has 26 heavy (non-hydrogen) atoms. The Morgan fingerprint density at radius 3 is 2.81 bits per heavy atom. The number of halogens is 3. The number of anilines is 1. The van der Waals surface area contributed by atoms with Crippen molar-refractivity contribution >= 4 is 11.7 Å². The van der Waals surface area contributed by atoms with Crippen LogP contribution in [-0.4, -0.2) is 38.7 Å². The molecule has 0 saturated carbocycles. The highest BCUT2D eigenvalue weighted by atomic mass is 19.4. The molecule has 2 aromatic heterocycles. The molecule has 0 bridgehead atoms. The van der Waals surface area contributed by atoms with Crippen molar-refractivity contribution in [2.24, 2.45) is 5.92 Å². The summed E-state index contributed by atoms with van der Waals surface area (Å²) in [4.78, 5) is 15.3. The van der Waals surface area contributed by atoms with Gasteiger partial charge in [0, 0.05) is 32.3 Å². The highest BCUT2D eigenvalue weighted by Crippen LogP contribution is 2.30. The molecule has 0 fully saturated rings. The number of amides is 1. The van der Waals surface area contributed by atoms with Crippen LogP contribution in [0.15, 0.2) is 18.3 Å². The van der Waals surface area contributed by atoms with Crippen molar-refractivity contribution in [3.8, 4) is 0 Å². The van der Waals surface area contributed by atoms with Crippen LogP contribution >= 0.6 is 0 Å². The lowest BCUT2D eigenvalue weighted by Crippen LogP contribution is -2.26. The van der Waals surface area contributed by atoms with Gasteiger partial charge in [-0.05, 0) is 31.4 Å². The summed E-state index contributed by atoms with van der Waals surface area (Å²) < 4.78 is 39.8. The van der Waals surface area contributed by atoms with E-state index >= 15 is 0 Å². The lowest BCUT2D eigenvalue weighted by molar-refractivity contribution is -0.141. The molecule has 0 saturated heterocycles. The molecular weight excluding hydrogens is 349 g/mol. The van der Waals surface area contributed by atoms with E-state index in [4.69, 9.17) is 0 Å². The number of nitrogens with zero attached hydrogens (tertiary/aromatic N) is 4. The summed E-state index contributed by atoms with van der Waals surface area (Å²) in [5.74, 6) is 0.861. The van der Waals surface area contributed by atoms with Crippen LogP contribution in [0.1, 0.15) is 35.4 Å². The Morgan fingerprint density at radius 1 is 1.35 bits per heavy atom. The highest BCUT2D eigenvalue weighted by molar-refractivity contribution is 5.92. The molecule has 0 aliphatic carbocycles. The number of alkyl halides is 3. The van der Waals surface area contributed by atoms with E-state index in [1.165, 1.54) is 0 Å². The van der Waals surface area contributed by atoms with Gasteiger partial charge < -0.3 is 15.2 Å². The molecule has 0 radical (unpaired) electrons. The molecule has 1 unspecified atom stereocenters. The van der Waals surface area contributed by atoms with E-state index in [0.717, 1.165) is 12.6 Å². The monoisotopic (exact) mass is 368 g/mol. The minimum Gasteiger partial charge on any atom is -0.368 e. The van der Waals surface area contributed by atoms with Crippen LogP contribution in [0.25, 0.3) is 0 Å². The van der Waals surface area contributed by atoms with Crippen molar-refractivity contribution in [2.75, 3.05) is 18.4 Å². The first-order valence-electron chi connectivity index (χ1n) is 8.36. The fourth-order valence-corrected chi connectivity index (χ4v) is 2.87. The zero-order valence-corrected chi connectivity index (χ0v) is 14.2. The molecule has 3 rings (SSSR count). The molecule has 0 aromatic carbocycles. The van der Waals surface area contributed by atoms with Crippen molar-refractivity contribution < 1.29 is 18.0 Å². The summed E-state index contributed by atoms with van der Waals surface area (Å²) in [7, 11) is 0. The Hall–Kier alpha value is -2.65. The quantitative estimate of drug-likeness (QED) is 0.845. The third-order valence-corrected chi connectivity index (χ3v) is 4.19. The van der Waals surface area contributed by atoms with Crippen molar-refractivity contribution in [3.63, 3.8) is 0 Å². The van der Waals surface area contributed by atoms with Crippen LogP contribution < -0.4 is 10.6 Å².